The van der Waals surface area contributed by atoms with E-state index in [2.05, 4.69) is 28.6 Å². The molecule has 1 amide bonds. The number of carbonyl (C=O) groups excluding carboxylic acids is 1. The van der Waals surface area contributed by atoms with Crippen molar-refractivity contribution in [2.75, 3.05) is 6.54 Å². The number of amides is 1. The van der Waals surface area contributed by atoms with Crippen molar-refractivity contribution in [3.8, 4) is 5.69 Å². The zero-order valence-electron chi connectivity index (χ0n) is 12.7. The Kier molecular flexibility index (Phi) is 3.46. The van der Waals surface area contributed by atoms with Crippen LogP contribution in [-0.2, 0) is 6.42 Å². The minimum atomic E-state index is -0.0588. The largest absolute Gasteiger partial charge is 0.330 e. The first-order chi connectivity index (χ1) is 11.2. The van der Waals surface area contributed by atoms with Crippen molar-refractivity contribution in [2.45, 2.75) is 19.4 Å². The highest BCUT2D eigenvalue weighted by molar-refractivity contribution is 7.10. The molecule has 3 aromatic rings. The maximum Gasteiger partial charge on any atom is 0.276 e. The number of para-hydroxylation sites is 1. The standard InChI is InChI=1S/C17H16N4OS/c1-12-14-8-10-23-16(14)7-9-20(12)17(22)15-11-18-21(19-15)13-5-3-2-4-6-13/h2-6,8,10-12H,7,9H2,1H3/t12-/m0/s1. The highest BCUT2D eigenvalue weighted by atomic mass is 32.1. The van der Waals surface area contributed by atoms with Gasteiger partial charge in [0.1, 0.15) is 0 Å². The molecular weight excluding hydrogens is 308 g/mol. The predicted octanol–water partition coefficient (Wildman–Crippen LogP) is 3.09. The van der Waals surface area contributed by atoms with Gasteiger partial charge in [0.25, 0.3) is 5.91 Å². The lowest BCUT2D eigenvalue weighted by Gasteiger charge is -2.33. The lowest BCUT2D eigenvalue weighted by Crippen LogP contribution is -2.38. The summed E-state index contributed by atoms with van der Waals surface area (Å²) in [5, 5.41) is 10.7. The minimum Gasteiger partial charge on any atom is -0.330 e. The highest BCUT2D eigenvalue weighted by Crippen LogP contribution is 2.33. The Morgan fingerprint density at radius 2 is 2.09 bits per heavy atom. The van der Waals surface area contributed by atoms with Crippen LogP contribution in [0.15, 0.2) is 48.0 Å². The highest BCUT2D eigenvalue weighted by Gasteiger charge is 2.30. The second-order valence-corrected chi connectivity index (χ2v) is 6.58. The number of carbonyl (C=O) groups is 1. The van der Waals surface area contributed by atoms with Gasteiger partial charge in [-0.3, -0.25) is 4.79 Å². The third-order valence-electron chi connectivity index (χ3n) is 4.24. The Hall–Kier alpha value is -2.47. The molecule has 5 nitrogen and oxygen atoms in total. The molecule has 23 heavy (non-hydrogen) atoms. The van der Waals surface area contributed by atoms with E-state index in [-0.39, 0.29) is 11.9 Å². The third kappa shape index (κ3) is 2.45. The van der Waals surface area contributed by atoms with E-state index in [4.69, 9.17) is 0 Å². The fourth-order valence-electron chi connectivity index (χ4n) is 2.98. The number of thiophene rings is 1. The molecule has 1 atom stereocenters. The number of hydrogen-bond acceptors (Lipinski definition) is 4. The summed E-state index contributed by atoms with van der Waals surface area (Å²) in [6.45, 7) is 2.80. The van der Waals surface area contributed by atoms with Crippen LogP contribution in [0.2, 0.25) is 0 Å². The molecule has 0 spiro atoms. The van der Waals surface area contributed by atoms with Gasteiger partial charge in [-0.05, 0) is 42.5 Å². The second-order valence-electron chi connectivity index (χ2n) is 5.58. The molecule has 0 radical (unpaired) electrons. The van der Waals surface area contributed by atoms with Crippen molar-refractivity contribution in [2.24, 2.45) is 0 Å². The van der Waals surface area contributed by atoms with Gasteiger partial charge in [-0.2, -0.15) is 9.90 Å². The van der Waals surface area contributed by atoms with E-state index in [9.17, 15) is 4.79 Å². The van der Waals surface area contributed by atoms with Crippen LogP contribution in [-0.4, -0.2) is 32.3 Å². The molecule has 4 rings (SSSR count). The van der Waals surface area contributed by atoms with Crippen LogP contribution < -0.4 is 0 Å². The Balaban J connectivity index is 1.60. The molecule has 0 saturated carbocycles. The Morgan fingerprint density at radius 1 is 1.26 bits per heavy atom. The molecule has 2 aromatic heterocycles. The van der Waals surface area contributed by atoms with Gasteiger partial charge in [0.2, 0.25) is 0 Å². The van der Waals surface area contributed by atoms with Crippen LogP contribution in [0.1, 0.15) is 33.9 Å². The Labute approximate surface area is 138 Å². The van der Waals surface area contributed by atoms with Crippen molar-refractivity contribution in [3.63, 3.8) is 0 Å². The molecule has 0 unspecified atom stereocenters. The number of nitrogens with zero attached hydrogens (tertiary/aromatic N) is 4. The fraction of sp³-hybridized carbons (Fsp3) is 0.235. The van der Waals surface area contributed by atoms with Crippen molar-refractivity contribution in [3.05, 3.63) is 64.1 Å². The van der Waals surface area contributed by atoms with Crippen molar-refractivity contribution >= 4 is 17.2 Å². The van der Waals surface area contributed by atoms with E-state index in [1.165, 1.54) is 15.2 Å². The van der Waals surface area contributed by atoms with Crippen LogP contribution in [0.5, 0.6) is 0 Å². The summed E-state index contributed by atoms with van der Waals surface area (Å²) in [5.41, 5.74) is 2.49. The smallest absolute Gasteiger partial charge is 0.276 e. The van der Waals surface area contributed by atoms with Gasteiger partial charge in [-0.15, -0.1) is 16.4 Å². The molecular formula is C17H16N4OS. The van der Waals surface area contributed by atoms with E-state index >= 15 is 0 Å². The lowest BCUT2D eigenvalue weighted by molar-refractivity contribution is 0.0673. The first-order valence-electron chi connectivity index (χ1n) is 7.59. The lowest BCUT2D eigenvalue weighted by atomic mass is 10.0. The molecule has 0 aliphatic carbocycles. The predicted molar refractivity (Wildman–Crippen MR) is 88.8 cm³/mol. The number of fused-ring (bicyclic) bond motifs is 1. The summed E-state index contributed by atoms with van der Waals surface area (Å²) in [7, 11) is 0. The van der Waals surface area contributed by atoms with Gasteiger partial charge in [0, 0.05) is 11.4 Å². The molecule has 0 saturated heterocycles. The summed E-state index contributed by atoms with van der Waals surface area (Å²) < 4.78 is 0. The Morgan fingerprint density at radius 3 is 2.91 bits per heavy atom. The van der Waals surface area contributed by atoms with Crippen LogP contribution in [0, 0.1) is 0 Å². The second kappa shape index (κ2) is 5.62. The van der Waals surface area contributed by atoms with E-state index in [1.54, 1.807) is 17.5 Å². The van der Waals surface area contributed by atoms with Gasteiger partial charge < -0.3 is 4.90 Å². The molecule has 0 N–H and O–H groups in total. The summed E-state index contributed by atoms with van der Waals surface area (Å²) in [6.07, 6.45) is 2.46. The fourth-order valence-corrected chi connectivity index (χ4v) is 3.94. The van der Waals surface area contributed by atoms with Crippen LogP contribution in [0.4, 0.5) is 0 Å². The normalized spacial score (nSPS) is 17.1. The molecule has 0 bridgehead atoms. The average Bonchev–Trinajstić information content (AvgIpc) is 3.25. The van der Waals surface area contributed by atoms with E-state index in [0.717, 1.165) is 18.7 Å². The molecule has 0 fully saturated rings. The molecule has 6 heteroatoms. The summed E-state index contributed by atoms with van der Waals surface area (Å²) >= 11 is 1.77. The van der Waals surface area contributed by atoms with Gasteiger partial charge in [0.15, 0.2) is 5.69 Å². The van der Waals surface area contributed by atoms with Gasteiger partial charge in [-0.1, -0.05) is 18.2 Å². The first-order valence-corrected chi connectivity index (χ1v) is 8.47. The first kappa shape index (κ1) is 14.1. The number of rotatable bonds is 2. The minimum absolute atomic E-state index is 0.0588. The SMILES string of the molecule is C[C@H]1c2ccsc2CCN1C(=O)c1cnn(-c2ccccc2)n1. The van der Waals surface area contributed by atoms with Gasteiger partial charge >= 0.3 is 0 Å². The molecule has 1 aromatic carbocycles. The molecule has 1 aliphatic heterocycles. The summed E-state index contributed by atoms with van der Waals surface area (Å²) in [4.78, 5) is 17.6. The third-order valence-corrected chi connectivity index (χ3v) is 5.23. The molecule has 1 aliphatic rings. The van der Waals surface area contributed by atoms with E-state index in [0.29, 0.717) is 5.69 Å². The zero-order valence-corrected chi connectivity index (χ0v) is 13.5. The number of benzene rings is 1. The van der Waals surface area contributed by atoms with Gasteiger partial charge in [0.05, 0.1) is 17.9 Å². The zero-order chi connectivity index (χ0) is 15.8. The topological polar surface area (TPSA) is 51.0 Å². The Bertz CT molecular complexity index is 839. The van der Waals surface area contributed by atoms with E-state index in [1.807, 2.05) is 35.2 Å². The van der Waals surface area contributed by atoms with Crippen LogP contribution >= 0.6 is 11.3 Å². The maximum absolute atomic E-state index is 12.8. The van der Waals surface area contributed by atoms with Crippen molar-refractivity contribution in [1.29, 1.82) is 0 Å². The summed E-state index contributed by atoms with van der Waals surface area (Å²) in [6, 6.07) is 11.8. The number of aromatic nitrogens is 3. The van der Waals surface area contributed by atoms with Crippen LogP contribution in [0.3, 0.4) is 0 Å². The van der Waals surface area contributed by atoms with E-state index < -0.39 is 0 Å². The van der Waals surface area contributed by atoms with Crippen molar-refractivity contribution < 1.29 is 4.79 Å². The average molecular weight is 324 g/mol. The van der Waals surface area contributed by atoms with Crippen LogP contribution in [0.25, 0.3) is 5.69 Å². The monoisotopic (exact) mass is 324 g/mol. The molecule has 3 heterocycles. The quantitative estimate of drug-likeness (QED) is 0.728. The molecule has 116 valence electrons. The van der Waals surface area contributed by atoms with Gasteiger partial charge in [-0.25, -0.2) is 0 Å². The summed E-state index contributed by atoms with van der Waals surface area (Å²) in [5.74, 6) is -0.0588. The number of hydrogen-bond donors (Lipinski definition) is 0. The van der Waals surface area contributed by atoms with Crippen molar-refractivity contribution in [1.82, 2.24) is 19.9 Å². The maximum atomic E-state index is 12.8.